The van der Waals surface area contributed by atoms with Crippen molar-refractivity contribution in [2.24, 2.45) is 5.92 Å². The molecule has 1 saturated heterocycles. The van der Waals surface area contributed by atoms with Crippen molar-refractivity contribution in [2.45, 2.75) is 39.0 Å². The summed E-state index contributed by atoms with van der Waals surface area (Å²) >= 11 is 0. The molecular weight excluding hydrogens is 212 g/mol. The van der Waals surface area contributed by atoms with Crippen LogP contribution in [0.15, 0.2) is 0 Å². The minimum absolute atomic E-state index is 0.218. The van der Waals surface area contributed by atoms with E-state index in [0.717, 1.165) is 32.6 Å². The van der Waals surface area contributed by atoms with Gasteiger partial charge in [0.1, 0.15) is 0 Å². The highest BCUT2D eigenvalue weighted by Gasteiger charge is 2.19. The highest BCUT2D eigenvalue weighted by molar-refractivity contribution is 5.76. The number of piperidine rings is 1. The first-order valence-electron chi connectivity index (χ1n) is 6.69. The Kier molecular flexibility index (Phi) is 6.73. The molecule has 0 aliphatic carbocycles. The van der Waals surface area contributed by atoms with E-state index in [-0.39, 0.29) is 5.91 Å². The van der Waals surface area contributed by atoms with Crippen molar-refractivity contribution in [3.63, 3.8) is 0 Å². The zero-order valence-electron chi connectivity index (χ0n) is 10.9. The van der Waals surface area contributed by atoms with E-state index < -0.39 is 0 Å². The number of hydrogen-bond donors (Lipinski definition) is 1. The molecule has 1 amide bonds. The monoisotopic (exact) mass is 236 g/mol. The lowest BCUT2D eigenvalue weighted by atomic mass is 9.99. The normalized spacial score (nSPS) is 19.6. The Labute approximate surface area is 105 Å². The molecule has 0 bridgehead atoms. The number of nitrogens with one attached hydrogen (secondary N) is 1. The summed E-state index contributed by atoms with van der Waals surface area (Å²) in [5.41, 5.74) is 0. The predicted octanol–water partition coefficient (Wildman–Crippen LogP) is 1.64. The largest absolute Gasteiger partial charge is 0.342 e. The average Bonchev–Trinajstić information content (AvgIpc) is 2.36. The quantitative estimate of drug-likeness (QED) is 0.711. The third kappa shape index (κ3) is 5.23. The van der Waals surface area contributed by atoms with Crippen LogP contribution in [-0.4, -0.2) is 37.0 Å². The summed E-state index contributed by atoms with van der Waals surface area (Å²) in [5, 5.41) is 3.39. The topological polar surface area (TPSA) is 32.3 Å². The molecule has 0 spiro atoms. The third-order valence-corrected chi connectivity index (χ3v) is 3.21. The molecule has 0 radical (unpaired) electrons. The van der Waals surface area contributed by atoms with Crippen molar-refractivity contribution < 1.29 is 4.79 Å². The molecular formula is C14H24N2O. The van der Waals surface area contributed by atoms with Crippen LogP contribution in [0.5, 0.6) is 0 Å². The van der Waals surface area contributed by atoms with E-state index in [0.29, 0.717) is 18.8 Å². The number of amides is 1. The Hall–Kier alpha value is -1.01. The Balaban J connectivity index is 2.40. The van der Waals surface area contributed by atoms with Gasteiger partial charge in [-0.1, -0.05) is 6.92 Å². The highest BCUT2D eigenvalue weighted by atomic mass is 16.2. The molecule has 0 aromatic heterocycles. The fraction of sp³-hybridized carbons (Fsp3) is 0.786. The molecule has 17 heavy (non-hydrogen) atoms. The molecule has 0 aromatic rings. The highest BCUT2D eigenvalue weighted by Crippen LogP contribution is 2.13. The average molecular weight is 236 g/mol. The van der Waals surface area contributed by atoms with Crippen molar-refractivity contribution in [1.29, 1.82) is 0 Å². The minimum atomic E-state index is 0.218. The van der Waals surface area contributed by atoms with Crippen molar-refractivity contribution in [3.8, 4) is 12.3 Å². The molecule has 1 aliphatic rings. The van der Waals surface area contributed by atoms with Crippen LogP contribution in [0.1, 0.15) is 39.0 Å². The Morgan fingerprint density at radius 2 is 2.41 bits per heavy atom. The zero-order valence-corrected chi connectivity index (χ0v) is 10.9. The van der Waals surface area contributed by atoms with Crippen LogP contribution in [0.3, 0.4) is 0 Å². The lowest BCUT2D eigenvalue weighted by molar-refractivity contribution is -0.131. The molecule has 3 heteroatoms. The number of hydrogen-bond acceptors (Lipinski definition) is 2. The van der Waals surface area contributed by atoms with Gasteiger partial charge in [-0.25, -0.2) is 0 Å². The summed E-state index contributed by atoms with van der Waals surface area (Å²) in [4.78, 5) is 14.0. The van der Waals surface area contributed by atoms with Gasteiger partial charge < -0.3 is 10.2 Å². The van der Waals surface area contributed by atoms with Crippen molar-refractivity contribution in [1.82, 2.24) is 10.2 Å². The molecule has 96 valence electrons. The minimum Gasteiger partial charge on any atom is -0.342 e. The molecule has 1 rings (SSSR count). The van der Waals surface area contributed by atoms with Gasteiger partial charge in [0, 0.05) is 25.9 Å². The summed E-state index contributed by atoms with van der Waals surface area (Å²) in [5.74, 6) is 3.37. The number of nitrogens with zero attached hydrogens (tertiary/aromatic N) is 1. The standard InChI is InChI=1S/C14H24N2O/c1-3-5-8-14(17)16(10-4-2)12-13-7-6-9-15-11-13/h1,13,15H,4-12H2,2H3. The van der Waals surface area contributed by atoms with Crippen molar-refractivity contribution in [3.05, 3.63) is 0 Å². The Morgan fingerprint density at radius 1 is 1.59 bits per heavy atom. The summed E-state index contributed by atoms with van der Waals surface area (Å²) in [7, 11) is 0. The maximum atomic E-state index is 12.0. The van der Waals surface area contributed by atoms with E-state index in [1.807, 2.05) is 4.90 Å². The van der Waals surface area contributed by atoms with Crippen LogP contribution in [0, 0.1) is 18.3 Å². The maximum absolute atomic E-state index is 12.0. The second kappa shape index (κ2) is 8.14. The summed E-state index contributed by atoms with van der Waals surface area (Å²) < 4.78 is 0. The van der Waals surface area contributed by atoms with Gasteiger partial charge in [0.25, 0.3) is 0 Å². The Bertz CT molecular complexity index is 264. The van der Waals surface area contributed by atoms with Gasteiger partial charge in [0.15, 0.2) is 0 Å². The summed E-state index contributed by atoms with van der Waals surface area (Å²) in [6.45, 7) is 6.03. The molecule has 0 saturated carbocycles. The lowest BCUT2D eigenvalue weighted by Gasteiger charge is -2.30. The fourth-order valence-corrected chi connectivity index (χ4v) is 2.32. The first-order valence-corrected chi connectivity index (χ1v) is 6.69. The fourth-order valence-electron chi connectivity index (χ4n) is 2.32. The second-order valence-electron chi connectivity index (χ2n) is 4.76. The molecule has 1 fully saturated rings. The summed E-state index contributed by atoms with van der Waals surface area (Å²) in [6.07, 6.45) is 9.73. The van der Waals surface area contributed by atoms with E-state index in [2.05, 4.69) is 18.2 Å². The first-order chi connectivity index (χ1) is 8.27. The van der Waals surface area contributed by atoms with Crippen molar-refractivity contribution in [2.75, 3.05) is 26.2 Å². The molecule has 1 aliphatic heterocycles. The third-order valence-electron chi connectivity index (χ3n) is 3.21. The van der Waals surface area contributed by atoms with Crippen LogP contribution >= 0.6 is 0 Å². The van der Waals surface area contributed by atoms with Crippen LogP contribution in [0.4, 0.5) is 0 Å². The molecule has 3 nitrogen and oxygen atoms in total. The SMILES string of the molecule is C#CCCC(=O)N(CCC)CC1CCCNC1. The first kappa shape index (κ1) is 14.1. The van der Waals surface area contributed by atoms with Crippen LogP contribution < -0.4 is 5.32 Å². The molecule has 0 aromatic carbocycles. The number of carbonyl (C=O) groups excluding carboxylic acids is 1. The Morgan fingerprint density at radius 3 is 3.00 bits per heavy atom. The van der Waals surface area contributed by atoms with Crippen LogP contribution in [0.25, 0.3) is 0 Å². The van der Waals surface area contributed by atoms with E-state index in [4.69, 9.17) is 6.42 Å². The second-order valence-corrected chi connectivity index (χ2v) is 4.76. The van der Waals surface area contributed by atoms with Gasteiger partial charge in [0.05, 0.1) is 0 Å². The van der Waals surface area contributed by atoms with Gasteiger partial charge in [-0.2, -0.15) is 0 Å². The van der Waals surface area contributed by atoms with Gasteiger partial charge in [0.2, 0.25) is 5.91 Å². The van der Waals surface area contributed by atoms with Crippen LogP contribution in [-0.2, 0) is 4.79 Å². The smallest absolute Gasteiger partial charge is 0.223 e. The zero-order chi connectivity index (χ0) is 12.5. The van der Waals surface area contributed by atoms with E-state index in [1.165, 1.54) is 12.8 Å². The van der Waals surface area contributed by atoms with Gasteiger partial charge in [-0.3, -0.25) is 4.79 Å². The number of rotatable bonds is 6. The number of carbonyl (C=O) groups is 1. The number of terminal acetylenes is 1. The van der Waals surface area contributed by atoms with E-state index >= 15 is 0 Å². The summed E-state index contributed by atoms with van der Waals surface area (Å²) in [6, 6.07) is 0. The molecule has 1 heterocycles. The van der Waals surface area contributed by atoms with Gasteiger partial charge >= 0.3 is 0 Å². The van der Waals surface area contributed by atoms with E-state index in [1.54, 1.807) is 0 Å². The predicted molar refractivity (Wildman–Crippen MR) is 70.5 cm³/mol. The van der Waals surface area contributed by atoms with E-state index in [9.17, 15) is 4.79 Å². The van der Waals surface area contributed by atoms with Gasteiger partial charge in [-0.15, -0.1) is 12.3 Å². The maximum Gasteiger partial charge on any atom is 0.223 e. The molecule has 1 N–H and O–H groups in total. The van der Waals surface area contributed by atoms with Crippen LogP contribution in [0.2, 0.25) is 0 Å². The van der Waals surface area contributed by atoms with Crippen molar-refractivity contribution >= 4 is 5.91 Å². The van der Waals surface area contributed by atoms with Gasteiger partial charge in [-0.05, 0) is 38.3 Å². The molecule has 1 unspecified atom stereocenters. The lowest BCUT2D eigenvalue weighted by Crippen LogP contribution is -2.41. The molecule has 1 atom stereocenters.